The van der Waals surface area contributed by atoms with Crippen molar-refractivity contribution in [2.75, 3.05) is 0 Å². The van der Waals surface area contributed by atoms with Crippen LogP contribution in [0.1, 0.15) is 23.7 Å². The fraction of sp³-hybridized carbons (Fsp3) is 0.333. The van der Waals surface area contributed by atoms with Crippen LogP contribution in [-0.2, 0) is 6.54 Å². The molecular formula is C9H10N2. The van der Waals surface area contributed by atoms with Crippen LogP contribution >= 0.6 is 0 Å². The molecule has 0 bridgehead atoms. The minimum atomic E-state index is 0.814. The van der Waals surface area contributed by atoms with Gasteiger partial charge in [-0.15, -0.1) is 0 Å². The summed E-state index contributed by atoms with van der Waals surface area (Å²) in [7, 11) is 0. The van der Waals surface area contributed by atoms with Gasteiger partial charge < -0.3 is 0 Å². The van der Waals surface area contributed by atoms with Gasteiger partial charge in [0.1, 0.15) is 0 Å². The van der Waals surface area contributed by atoms with E-state index in [1.165, 1.54) is 11.1 Å². The molecule has 0 saturated carbocycles. The fourth-order valence-corrected chi connectivity index (χ4v) is 1.34. The van der Waals surface area contributed by atoms with Crippen molar-refractivity contribution in [1.29, 1.82) is 0 Å². The van der Waals surface area contributed by atoms with Crippen LogP contribution in [-0.4, -0.2) is 10.7 Å². The van der Waals surface area contributed by atoms with E-state index in [0.717, 1.165) is 18.0 Å². The smallest absolute Gasteiger partial charge is 0.0664 e. The van der Waals surface area contributed by atoms with Gasteiger partial charge in [0.15, 0.2) is 0 Å². The van der Waals surface area contributed by atoms with Crippen LogP contribution in [0.2, 0.25) is 0 Å². The van der Waals surface area contributed by atoms with Crippen LogP contribution in [0.5, 0.6) is 0 Å². The Hall–Kier alpha value is -1.18. The van der Waals surface area contributed by atoms with Gasteiger partial charge in [0.2, 0.25) is 0 Å². The lowest BCUT2D eigenvalue weighted by atomic mass is 10.1. The van der Waals surface area contributed by atoms with Gasteiger partial charge in [-0.05, 0) is 19.9 Å². The quantitative estimate of drug-likeness (QED) is 0.547. The summed E-state index contributed by atoms with van der Waals surface area (Å²) in [5.41, 5.74) is 4.75. The molecule has 1 aromatic heterocycles. The van der Waals surface area contributed by atoms with E-state index in [4.69, 9.17) is 0 Å². The fourth-order valence-electron chi connectivity index (χ4n) is 1.34. The highest BCUT2D eigenvalue weighted by atomic mass is 14.8. The first-order valence-electron chi connectivity index (χ1n) is 3.74. The molecule has 0 spiro atoms. The maximum Gasteiger partial charge on any atom is 0.0664 e. The van der Waals surface area contributed by atoms with Crippen molar-refractivity contribution >= 4 is 5.71 Å². The topological polar surface area (TPSA) is 25.2 Å². The average Bonchev–Trinajstić information content (AvgIpc) is 2.33. The second kappa shape index (κ2) is 2.16. The van der Waals surface area contributed by atoms with Crippen LogP contribution < -0.4 is 0 Å². The lowest BCUT2D eigenvalue weighted by Gasteiger charge is -1.98. The van der Waals surface area contributed by atoms with Gasteiger partial charge in [0.05, 0.1) is 6.54 Å². The van der Waals surface area contributed by atoms with E-state index in [0.29, 0.717) is 0 Å². The summed E-state index contributed by atoms with van der Waals surface area (Å²) in [6, 6.07) is 2.10. The van der Waals surface area contributed by atoms with E-state index < -0.39 is 0 Å². The zero-order chi connectivity index (χ0) is 7.84. The summed E-state index contributed by atoms with van der Waals surface area (Å²) in [5.74, 6) is 0. The normalized spacial score (nSPS) is 14.5. The van der Waals surface area contributed by atoms with E-state index >= 15 is 0 Å². The Labute approximate surface area is 66.0 Å². The summed E-state index contributed by atoms with van der Waals surface area (Å²) in [4.78, 5) is 8.53. The molecule has 0 aliphatic carbocycles. The molecule has 0 unspecified atom stereocenters. The standard InChI is InChI=1S/C9H10N2/c1-6-3-9-7(2)11-5-8(9)4-10-6/h3-4H,5H2,1-2H3. The van der Waals surface area contributed by atoms with Crippen molar-refractivity contribution in [2.24, 2.45) is 4.99 Å². The SMILES string of the molecule is CC1=NCc2cnc(C)cc21. The van der Waals surface area contributed by atoms with Crippen molar-refractivity contribution in [3.05, 3.63) is 29.1 Å². The van der Waals surface area contributed by atoms with Gasteiger partial charge in [0.25, 0.3) is 0 Å². The van der Waals surface area contributed by atoms with Crippen LogP contribution in [0.15, 0.2) is 17.3 Å². The van der Waals surface area contributed by atoms with Crippen LogP contribution in [0.4, 0.5) is 0 Å². The molecule has 2 rings (SSSR count). The third kappa shape index (κ3) is 0.946. The van der Waals surface area contributed by atoms with E-state index in [1.54, 1.807) is 0 Å². The van der Waals surface area contributed by atoms with Crippen molar-refractivity contribution in [3.8, 4) is 0 Å². The molecule has 0 saturated heterocycles. The molecule has 0 N–H and O–H groups in total. The highest BCUT2D eigenvalue weighted by Gasteiger charge is 2.11. The van der Waals surface area contributed by atoms with Gasteiger partial charge >= 0.3 is 0 Å². The molecule has 0 aromatic carbocycles. The summed E-state index contributed by atoms with van der Waals surface area (Å²) < 4.78 is 0. The van der Waals surface area contributed by atoms with Gasteiger partial charge in [-0.3, -0.25) is 9.98 Å². The van der Waals surface area contributed by atoms with Crippen LogP contribution in [0.3, 0.4) is 0 Å². The molecule has 2 heteroatoms. The Morgan fingerprint density at radius 2 is 2.18 bits per heavy atom. The van der Waals surface area contributed by atoms with Gasteiger partial charge in [-0.2, -0.15) is 0 Å². The molecule has 0 fully saturated rings. The second-order valence-electron chi connectivity index (χ2n) is 2.88. The monoisotopic (exact) mass is 146 g/mol. The van der Waals surface area contributed by atoms with Crippen molar-refractivity contribution in [2.45, 2.75) is 20.4 Å². The van der Waals surface area contributed by atoms with Gasteiger partial charge in [0, 0.05) is 28.7 Å². The zero-order valence-corrected chi connectivity index (χ0v) is 6.76. The van der Waals surface area contributed by atoms with Crippen LogP contribution in [0, 0.1) is 6.92 Å². The van der Waals surface area contributed by atoms with Crippen LogP contribution in [0.25, 0.3) is 0 Å². The molecule has 56 valence electrons. The highest BCUT2D eigenvalue weighted by Crippen LogP contribution is 2.17. The summed E-state index contributed by atoms with van der Waals surface area (Å²) in [5, 5.41) is 0. The summed E-state index contributed by atoms with van der Waals surface area (Å²) in [6.07, 6.45) is 1.92. The number of fused-ring (bicyclic) bond motifs is 1. The minimum Gasteiger partial charge on any atom is -0.285 e. The largest absolute Gasteiger partial charge is 0.285 e. The van der Waals surface area contributed by atoms with E-state index in [1.807, 2.05) is 20.0 Å². The number of hydrogen-bond donors (Lipinski definition) is 0. The number of aliphatic imine (C=N–C) groups is 1. The number of rotatable bonds is 0. The molecule has 11 heavy (non-hydrogen) atoms. The Kier molecular flexibility index (Phi) is 1.28. The van der Waals surface area contributed by atoms with Crippen molar-refractivity contribution in [3.63, 3.8) is 0 Å². The Morgan fingerprint density at radius 3 is 3.00 bits per heavy atom. The third-order valence-corrected chi connectivity index (χ3v) is 2.00. The molecule has 2 heterocycles. The number of nitrogens with zero attached hydrogens (tertiary/aromatic N) is 2. The molecule has 1 aromatic rings. The van der Waals surface area contributed by atoms with Gasteiger partial charge in [-0.1, -0.05) is 0 Å². The second-order valence-corrected chi connectivity index (χ2v) is 2.88. The Bertz CT molecular complexity index is 326. The number of hydrogen-bond acceptors (Lipinski definition) is 2. The predicted octanol–water partition coefficient (Wildman–Crippen LogP) is 1.71. The van der Waals surface area contributed by atoms with E-state index in [-0.39, 0.29) is 0 Å². The molecule has 1 aliphatic heterocycles. The maximum atomic E-state index is 4.32. The lowest BCUT2D eigenvalue weighted by molar-refractivity contribution is 1.07. The predicted molar refractivity (Wildman–Crippen MR) is 44.9 cm³/mol. The zero-order valence-electron chi connectivity index (χ0n) is 6.76. The average molecular weight is 146 g/mol. The molecule has 0 amide bonds. The van der Waals surface area contributed by atoms with E-state index in [2.05, 4.69) is 16.0 Å². The Balaban J connectivity index is 2.60. The molecule has 2 nitrogen and oxygen atoms in total. The summed E-state index contributed by atoms with van der Waals surface area (Å²) >= 11 is 0. The first-order valence-corrected chi connectivity index (χ1v) is 3.74. The molecule has 0 radical (unpaired) electrons. The molecular weight excluding hydrogens is 136 g/mol. The van der Waals surface area contributed by atoms with Gasteiger partial charge in [-0.25, -0.2) is 0 Å². The lowest BCUT2D eigenvalue weighted by Crippen LogP contribution is -1.94. The maximum absolute atomic E-state index is 4.32. The first kappa shape index (κ1) is 6.53. The minimum absolute atomic E-state index is 0.814. The Morgan fingerprint density at radius 1 is 1.36 bits per heavy atom. The number of pyridine rings is 1. The third-order valence-electron chi connectivity index (χ3n) is 2.00. The number of aryl methyl sites for hydroxylation is 1. The van der Waals surface area contributed by atoms with Crippen molar-refractivity contribution in [1.82, 2.24) is 4.98 Å². The number of aromatic nitrogens is 1. The molecule has 0 atom stereocenters. The summed E-state index contributed by atoms with van der Waals surface area (Å²) in [6.45, 7) is 4.87. The van der Waals surface area contributed by atoms with Crippen molar-refractivity contribution < 1.29 is 0 Å². The highest BCUT2D eigenvalue weighted by molar-refractivity contribution is 6.01. The first-order chi connectivity index (χ1) is 5.27. The molecule has 1 aliphatic rings. The van der Waals surface area contributed by atoms with E-state index in [9.17, 15) is 0 Å².